The van der Waals surface area contributed by atoms with Crippen molar-refractivity contribution in [3.05, 3.63) is 39.9 Å². The third-order valence-electron chi connectivity index (χ3n) is 1.70. The van der Waals surface area contributed by atoms with Gasteiger partial charge in [-0.25, -0.2) is 0 Å². The number of rotatable bonds is 4. The Morgan fingerprint density at radius 1 is 1.59 bits per heavy atom. The van der Waals surface area contributed by atoms with Gasteiger partial charge in [0, 0.05) is 17.7 Å². The van der Waals surface area contributed by atoms with Crippen LogP contribution in [-0.2, 0) is 0 Å². The van der Waals surface area contributed by atoms with Crippen molar-refractivity contribution in [2.45, 2.75) is 0 Å². The maximum atomic E-state index is 11.5. The minimum atomic E-state index is -0.582. The first-order valence-corrected chi connectivity index (χ1v) is 4.79. The molecule has 0 spiro atoms. The van der Waals surface area contributed by atoms with Crippen LogP contribution in [-0.4, -0.2) is 22.0 Å². The number of ketones is 1. The lowest BCUT2D eigenvalue weighted by molar-refractivity contribution is -0.384. The number of hydrogen-bond donors (Lipinski definition) is 2. The number of benzene rings is 1. The van der Waals surface area contributed by atoms with Crippen LogP contribution in [0, 0.1) is 10.1 Å². The molecule has 0 aromatic heterocycles. The molecule has 17 heavy (non-hydrogen) atoms. The predicted molar refractivity (Wildman–Crippen MR) is 65.8 cm³/mol. The van der Waals surface area contributed by atoms with Gasteiger partial charge in [-0.3, -0.25) is 20.3 Å². The molecule has 88 valence electrons. The molecule has 3 N–H and O–H groups in total. The van der Waals surface area contributed by atoms with Crippen molar-refractivity contribution in [3.8, 4) is 0 Å². The second-order valence-electron chi connectivity index (χ2n) is 2.91. The fourth-order valence-electron chi connectivity index (χ4n) is 1.00. The molecule has 0 aliphatic heterocycles. The largest absolute Gasteiger partial charge is 0.375 e. The zero-order valence-electron chi connectivity index (χ0n) is 8.49. The summed E-state index contributed by atoms with van der Waals surface area (Å²) >= 11 is 4.47. The normalized spacial score (nSPS) is 10.1. The summed E-state index contributed by atoms with van der Waals surface area (Å²) in [4.78, 5) is 21.4. The van der Waals surface area contributed by atoms with Gasteiger partial charge in [0.2, 0.25) is 5.78 Å². The second-order valence-corrected chi connectivity index (χ2v) is 3.35. The summed E-state index contributed by atoms with van der Waals surface area (Å²) in [5, 5.41) is 13.9. The van der Waals surface area contributed by atoms with Gasteiger partial charge < -0.3 is 5.73 Å². The van der Waals surface area contributed by atoms with Crippen molar-refractivity contribution in [2.75, 3.05) is 0 Å². The highest BCUT2D eigenvalue weighted by Gasteiger charge is 2.09. The Morgan fingerprint density at radius 3 is 2.88 bits per heavy atom. The Labute approximate surface area is 101 Å². The lowest BCUT2D eigenvalue weighted by atomic mass is 10.1. The summed E-state index contributed by atoms with van der Waals surface area (Å²) in [5.74, 6) is -0.488. The van der Waals surface area contributed by atoms with E-state index in [-0.39, 0.29) is 16.4 Å². The van der Waals surface area contributed by atoms with Crippen LogP contribution in [0.1, 0.15) is 10.4 Å². The average molecular weight is 252 g/mol. The molecule has 7 nitrogen and oxygen atoms in total. The number of carbonyl (C=O) groups excluding carboxylic acids is 1. The van der Waals surface area contributed by atoms with Gasteiger partial charge in [0.05, 0.1) is 11.1 Å². The summed E-state index contributed by atoms with van der Waals surface area (Å²) < 4.78 is 0. The molecule has 0 aliphatic carbocycles. The standard InChI is InChI=1S/C9H8N4O3S/c10-9(17)12-11-5-8(14)6-2-1-3-7(4-6)13(15)16/h1-5H,(H3,10,12,17)/b11-5-. The van der Waals surface area contributed by atoms with Gasteiger partial charge in [-0.1, -0.05) is 12.1 Å². The summed E-state index contributed by atoms with van der Waals surface area (Å²) in [7, 11) is 0. The number of Topliss-reactive ketones (excluding diaryl/α,β-unsaturated/α-hetero) is 1. The van der Waals surface area contributed by atoms with Crippen LogP contribution < -0.4 is 11.2 Å². The van der Waals surface area contributed by atoms with Gasteiger partial charge in [0.15, 0.2) is 5.11 Å². The number of nitro groups is 1. The molecule has 1 aromatic carbocycles. The summed E-state index contributed by atoms with van der Waals surface area (Å²) in [6, 6.07) is 5.32. The second kappa shape index (κ2) is 5.66. The van der Waals surface area contributed by atoms with E-state index in [9.17, 15) is 14.9 Å². The lowest BCUT2D eigenvalue weighted by Crippen LogP contribution is -2.24. The van der Waals surface area contributed by atoms with E-state index in [1.54, 1.807) is 0 Å². The number of non-ortho nitro benzene ring substituents is 1. The smallest absolute Gasteiger partial charge is 0.270 e. The average Bonchev–Trinajstić information content (AvgIpc) is 2.28. The minimum Gasteiger partial charge on any atom is -0.375 e. The Morgan fingerprint density at radius 2 is 2.29 bits per heavy atom. The van der Waals surface area contributed by atoms with E-state index < -0.39 is 10.7 Å². The number of nitrogens with zero attached hydrogens (tertiary/aromatic N) is 2. The topological polar surface area (TPSA) is 111 Å². The number of nitro benzene ring substituents is 1. The first kappa shape index (κ1) is 12.7. The van der Waals surface area contributed by atoms with Crippen LogP contribution in [0.25, 0.3) is 0 Å². The minimum absolute atomic E-state index is 0.0758. The molecule has 0 heterocycles. The highest BCUT2D eigenvalue weighted by molar-refractivity contribution is 7.80. The molecule has 0 radical (unpaired) electrons. The maximum absolute atomic E-state index is 11.5. The summed E-state index contributed by atoms with van der Waals surface area (Å²) in [6.07, 6.45) is 0.943. The Balaban J connectivity index is 2.82. The molecule has 0 saturated heterocycles. The number of nitrogens with one attached hydrogen (secondary N) is 1. The van der Waals surface area contributed by atoms with Crippen molar-refractivity contribution >= 4 is 35.0 Å². The van der Waals surface area contributed by atoms with E-state index in [0.29, 0.717) is 0 Å². The van der Waals surface area contributed by atoms with Crippen LogP contribution in [0.5, 0.6) is 0 Å². The van der Waals surface area contributed by atoms with Crippen molar-refractivity contribution in [2.24, 2.45) is 10.8 Å². The molecule has 1 rings (SSSR count). The molecule has 8 heteroatoms. The molecular weight excluding hydrogens is 244 g/mol. The van der Waals surface area contributed by atoms with Gasteiger partial charge in [-0.2, -0.15) is 5.10 Å². The van der Waals surface area contributed by atoms with Crippen molar-refractivity contribution in [1.82, 2.24) is 5.43 Å². The van der Waals surface area contributed by atoms with E-state index in [4.69, 9.17) is 5.73 Å². The molecule has 0 saturated carbocycles. The predicted octanol–water partition coefficient (Wildman–Crippen LogP) is 0.597. The molecule has 0 fully saturated rings. The molecule has 0 unspecified atom stereocenters. The van der Waals surface area contributed by atoms with Crippen molar-refractivity contribution in [1.29, 1.82) is 0 Å². The number of carbonyl (C=O) groups is 1. The van der Waals surface area contributed by atoms with Gasteiger partial charge >= 0.3 is 0 Å². The van der Waals surface area contributed by atoms with E-state index in [1.165, 1.54) is 18.2 Å². The monoisotopic (exact) mass is 252 g/mol. The Hall–Kier alpha value is -2.35. The first-order chi connectivity index (χ1) is 8.00. The van der Waals surface area contributed by atoms with Crippen LogP contribution >= 0.6 is 12.2 Å². The molecule has 0 bridgehead atoms. The van der Waals surface area contributed by atoms with E-state index in [0.717, 1.165) is 12.3 Å². The zero-order chi connectivity index (χ0) is 12.8. The summed E-state index contributed by atoms with van der Waals surface area (Å²) in [6.45, 7) is 0. The number of thiocarbonyl (C=S) groups is 1. The van der Waals surface area contributed by atoms with Gasteiger partial charge in [0.1, 0.15) is 0 Å². The molecular formula is C9H8N4O3S. The first-order valence-electron chi connectivity index (χ1n) is 4.38. The fraction of sp³-hybridized carbons (Fsp3) is 0. The lowest BCUT2D eigenvalue weighted by Gasteiger charge is -1.96. The molecule has 1 aromatic rings. The SMILES string of the molecule is NC(=S)N/N=C\C(=O)c1cccc([N+](=O)[O-])c1. The quantitative estimate of drug-likeness (QED) is 0.267. The van der Waals surface area contributed by atoms with Gasteiger partial charge in [-0.05, 0) is 12.2 Å². The number of hydrazone groups is 1. The fourth-order valence-corrected chi connectivity index (χ4v) is 1.05. The highest BCUT2D eigenvalue weighted by Crippen LogP contribution is 2.12. The van der Waals surface area contributed by atoms with E-state index >= 15 is 0 Å². The number of hydrogen-bond acceptors (Lipinski definition) is 5. The Bertz CT molecular complexity index is 501. The maximum Gasteiger partial charge on any atom is 0.270 e. The van der Waals surface area contributed by atoms with Gasteiger partial charge in [-0.15, -0.1) is 0 Å². The third-order valence-corrected chi connectivity index (χ3v) is 1.79. The highest BCUT2D eigenvalue weighted by atomic mass is 32.1. The molecule has 0 aliphatic rings. The van der Waals surface area contributed by atoms with Gasteiger partial charge in [0.25, 0.3) is 5.69 Å². The molecule has 0 amide bonds. The Kier molecular flexibility index (Phi) is 4.23. The van der Waals surface area contributed by atoms with E-state index in [2.05, 4.69) is 22.7 Å². The van der Waals surface area contributed by atoms with Crippen LogP contribution in [0.3, 0.4) is 0 Å². The van der Waals surface area contributed by atoms with E-state index in [1.807, 2.05) is 0 Å². The third kappa shape index (κ3) is 3.95. The van der Waals surface area contributed by atoms with Crippen LogP contribution in [0.4, 0.5) is 5.69 Å². The van der Waals surface area contributed by atoms with Crippen LogP contribution in [0.2, 0.25) is 0 Å². The van der Waals surface area contributed by atoms with Crippen molar-refractivity contribution in [3.63, 3.8) is 0 Å². The number of nitrogens with two attached hydrogens (primary N) is 1. The van der Waals surface area contributed by atoms with Crippen molar-refractivity contribution < 1.29 is 9.72 Å². The molecule has 0 atom stereocenters. The van der Waals surface area contributed by atoms with Crippen LogP contribution in [0.15, 0.2) is 29.4 Å². The summed E-state index contributed by atoms with van der Waals surface area (Å²) in [5.41, 5.74) is 7.29. The zero-order valence-corrected chi connectivity index (χ0v) is 9.31.